The number of ketones is 3. The second-order valence-electron chi connectivity index (χ2n) is 17.2. The van der Waals surface area contributed by atoms with Gasteiger partial charge in [0.25, 0.3) is 18.1 Å². The van der Waals surface area contributed by atoms with E-state index in [1.807, 2.05) is 0 Å². The zero-order chi connectivity index (χ0) is 54.0. The Morgan fingerprint density at radius 3 is 1.77 bits per heavy atom. The number of hydrogen-bond donors (Lipinski definition) is 7. The molecule has 0 aromatic heterocycles. The van der Waals surface area contributed by atoms with Crippen molar-refractivity contribution in [1.82, 2.24) is 26.6 Å². The molecule has 0 spiro atoms. The number of amides is 5. The fourth-order valence-electron chi connectivity index (χ4n) is 7.67. The smallest absolute Gasteiger partial charge is 0.326 e. The number of benzene rings is 4. The second-order valence-corrected chi connectivity index (χ2v) is 17.2. The molecule has 0 saturated carbocycles. The molecule has 0 heterocycles. The number of nitrogens with one attached hydrogen (secondary N) is 5. The summed E-state index contributed by atoms with van der Waals surface area (Å²) in [7, 11) is 0. The first kappa shape index (κ1) is 57.9. The van der Waals surface area contributed by atoms with E-state index < -0.39 is 125 Å². The number of carboxylic acids is 2. The maximum atomic E-state index is 14.8. The van der Waals surface area contributed by atoms with Gasteiger partial charge in [0.05, 0.1) is 29.5 Å². The van der Waals surface area contributed by atoms with Crippen molar-refractivity contribution in [2.24, 2.45) is 11.8 Å². The maximum absolute atomic E-state index is 14.8. The Kier molecular flexibility index (Phi) is 23.7. The number of ether oxygens (including phenoxy) is 1. The molecule has 0 aliphatic rings. The van der Waals surface area contributed by atoms with E-state index in [0.717, 1.165) is 23.8 Å². The largest absolute Gasteiger partial charge is 0.481 e. The van der Waals surface area contributed by atoms with Gasteiger partial charge >= 0.3 is 18.0 Å². The number of hydrogen-bond acceptors (Lipinski definition) is 13. The molecule has 0 aliphatic heterocycles. The second kappa shape index (κ2) is 30.3. The molecular formula is C52H57FN6O15. The number of aliphatic carboxylic acids is 2. The summed E-state index contributed by atoms with van der Waals surface area (Å²) in [6, 6.07) is 24.5. The fourth-order valence-corrected chi connectivity index (χ4v) is 7.67. The summed E-state index contributed by atoms with van der Waals surface area (Å²) in [6.45, 7) is -0.445. The number of rotatable bonds is 33. The minimum absolute atomic E-state index is 0.000713. The van der Waals surface area contributed by atoms with Gasteiger partial charge in [0.2, 0.25) is 11.8 Å². The molecule has 0 saturated heterocycles. The molecule has 0 unspecified atom stereocenters. The van der Waals surface area contributed by atoms with Gasteiger partial charge in [0.1, 0.15) is 17.6 Å². The highest BCUT2D eigenvalue weighted by atomic mass is 18.2. The molecular weight excluding hydrogens is 967 g/mol. The van der Waals surface area contributed by atoms with Crippen LogP contribution in [0.5, 0.6) is 0 Å². The summed E-state index contributed by atoms with van der Waals surface area (Å²) in [5.74, 6) is -9.50. The summed E-state index contributed by atoms with van der Waals surface area (Å²) in [4.78, 5) is 138. The monoisotopic (exact) mass is 1020 g/mol. The number of carboxylic acid groups (broad SMARTS) is 2. The summed E-state index contributed by atoms with van der Waals surface area (Å²) < 4.78 is 19.4. The van der Waals surface area contributed by atoms with E-state index in [4.69, 9.17) is 5.11 Å². The summed E-state index contributed by atoms with van der Waals surface area (Å²) in [5.41, 5.74) is 0.840. The topological polar surface area (TPSA) is 324 Å². The van der Waals surface area contributed by atoms with Gasteiger partial charge in [-0.1, -0.05) is 91.0 Å². The van der Waals surface area contributed by atoms with Crippen molar-refractivity contribution < 1.29 is 72.2 Å². The quantitative estimate of drug-likeness (QED) is 0.0116. The summed E-state index contributed by atoms with van der Waals surface area (Å²) in [6.07, 6.45) is -3.45. The summed E-state index contributed by atoms with van der Waals surface area (Å²) in [5, 5.41) is 42.1. The Morgan fingerprint density at radius 2 is 1.22 bits per heavy atom. The Labute approximate surface area is 424 Å². The van der Waals surface area contributed by atoms with E-state index in [-0.39, 0.29) is 70.8 Å². The molecule has 0 bridgehead atoms. The number of carbonyl (C=O) groups excluding carboxylic acids is 8. The van der Waals surface area contributed by atoms with Crippen molar-refractivity contribution in [1.29, 1.82) is 0 Å². The van der Waals surface area contributed by atoms with E-state index in [9.17, 15) is 67.6 Å². The van der Waals surface area contributed by atoms with Crippen LogP contribution in [0.4, 0.5) is 14.9 Å². The molecule has 74 heavy (non-hydrogen) atoms. The van der Waals surface area contributed by atoms with E-state index in [1.54, 1.807) is 91.0 Å². The van der Waals surface area contributed by atoms with Crippen LogP contribution in [-0.2, 0) is 62.4 Å². The van der Waals surface area contributed by atoms with Gasteiger partial charge in [-0.25, -0.2) is 14.0 Å². The van der Waals surface area contributed by atoms with Crippen LogP contribution in [0.3, 0.4) is 0 Å². The lowest BCUT2D eigenvalue weighted by molar-refractivity contribution is -0.384. The van der Waals surface area contributed by atoms with Gasteiger partial charge in [-0.2, -0.15) is 0 Å². The average molecular weight is 1020 g/mol. The van der Waals surface area contributed by atoms with Crippen LogP contribution < -0.4 is 26.6 Å². The summed E-state index contributed by atoms with van der Waals surface area (Å²) >= 11 is 0. The SMILES string of the molecule is O=CO[C@H](CCC(=O)O)NC(=O)N[C@@H](CCC(=O)C[C@@H](Cc1ccccc1)C(=O)NCCCC(=O)CNC(=O)[C@@H](CC(=O)[C@H](Cc1ccccc1)NC(=O)c1cc([N+](=O)[O-])ccc1[18F])Cc1ccccc1)C(=O)O. The molecule has 0 fully saturated rings. The van der Waals surface area contributed by atoms with Crippen LogP contribution in [0.25, 0.3) is 0 Å². The standard InChI is InChI=1S/C52H57FN6O15/c53-42-20-18-38(59(72)73)30-41(42)50(68)56-44(27-35-15-8-3-9-16-35)45(63)29-37(26-34-13-6-2-7-14-34)49(67)55-31-40(62)17-10-24-54-48(66)36(25-33-11-4-1-5-12-33)28-39(61)19-21-43(51(69)70)57-52(71)58-46(74-32-60)22-23-47(64)65/h1-9,11-16,18,20,30,32,36-37,43-44,46H,10,17,19,21-29,31H2,(H,54,66)(H,55,67)(H,56,68)(H,64,65)(H,69,70)(H2,57,58,71)/t36-,37-,43+,44+,46-/m1/s1/i53-1. The van der Waals surface area contributed by atoms with E-state index in [1.165, 1.54) is 0 Å². The molecule has 5 amide bonds. The first-order valence-electron chi connectivity index (χ1n) is 23.5. The molecule has 4 rings (SSSR count). The first-order valence-corrected chi connectivity index (χ1v) is 23.5. The van der Waals surface area contributed by atoms with E-state index in [0.29, 0.717) is 11.1 Å². The van der Waals surface area contributed by atoms with Gasteiger partial charge in [-0.15, -0.1) is 0 Å². The third-order valence-electron chi connectivity index (χ3n) is 11.5. The van der Waals surface area contributed by atoms with Crippen LogP contribution >= 0.6 is 0 Å². The zero-order valence-electron chi connectivity index (χ0n) is 40.1. The lowest BCUT2D eigenvalue weighted by Crippen LogP contribution is -2.49. The van der Waals surface area contributed by atoms with Crippen LogP contribution in [0, 0.1) is 27.8 Å². The van der Waals surface area contributed by atoms with Crippen molar-refractivity contribution in [2.75, 3.05) is 13.1 Å². The number of non-ortho nitro benzene ring substituents is 1. The van der Waals surface area contributed by atoms with Gasteiger partial charge in [-0.05, 0) is 54.9 Å². The van der Waals surface area contributed by atoms with Crippen molar-refractivity contribution in [3.05, 3.63) is 147 Å². The molecule has 0 aliphatic carbocycles. The lowest BCUT2D eigenvalue weighted by atomic mass is 9.89. The minimum Gasteiger partial charge on any atom is -0.481 e. The number of nitro benzene ring substituents is 1. The van der Waals surface area contributed by atoms with E-state index >= 15 is 0 Å². The third-order valence-corrected chi connectivity index (χ3v) is 11.5. The molecule has 4 aromatic rings. The van der Waals surface area contributed by atoms with Crippen molar-refractivity contribution in [3.8, 4) is 0 Å². The normalized spacial score (nSPS) is 12.8. The number of nitrogens with zero attached hydrogens (tertiary/aromatic N) is 1. The van der Waals surface area contributed by atoms with Crippen molar-refractivity contribution >= 4 is 65.2 Å². The number of nitro groups is 1. The highest BCUT2D eigenvalue weighted by Gasteiger charge is 2.31. The van der Waals surface area contributed by atoms with Gasteiger partial charge in [0, 0.05) is 62.6 Å². The van der Waals surface area contributed by atoms with Gasteiger partial charge in [-0.3, -0.25) is 48.5 Å². The maximum Gasteiger partial charge on any atom is 0.326 e. The third kappa shape index (κ3) is 20.6. The highest BCUT2D eigenvalue weighted by molar-refractivity contribution is 5.99. The predicted molar refractivity (Wildman–Crippen MR) is 261 cm³/mol. The number of Topliss-reactive ketones (excluding diaryl/α,β-unsaturated/α-hetero) is 3. The molecule has 21 nitrogen and oxygen atoms in total. The van der Waals surface area contributed by atoms with Crippen LogP contribution in [0.15, 0.2) is 109 Å². The Morgan fingerprint density at radius 1 is 0.649 bits per heavy atom. The van der Waals surface area contributed by atoms with Crippen LogP contribution in [0.2, 0.25) is 0 Å². The number of carbonyl (C=O) groups is 10. The number of urea groups is 1. The minimum atomic E-state index is -1.59. The molecule has 4 aromatic carbocycles. The van der Waals surface area contributed by atoms with Crippen LogP contribution in [0.1, 0.15) is 78.4 Å². The molecule has 22 heteroatoms. The zero-order valence-corrected chi connectivity index (χ0v) is 40.1. The Balaban J connectivity index is 1.34. The Bertz CT molecular complexity index is 2600. The lowest BCUT2D eigenvalue weighted by Gasteiger charge is -2.22. The first-order chi connectivity index (χ1) is 35.4. The van der Waals surface area contributed by atoms with Gasteiger partial charge in [0.15, 0.2) is 17.8 Å². The van der Waals surface area contributed by atoms with E-state index in [2.05, 4.69) is 31.3 Å². The van der Waals surface area contributed by atoms with Crippen LogP contribution in [-0.4, -0.2) is 106 Å². The van der Waals surface area contributed by atoms with Gasteiger partial charge < -0.3 is 41.5 Å². The molecule has 7 N–H and O–H groups in total. The van der Waals surface area contributed by atoms with Crippen molar-refractivity contribution in [2.45, 2.75) is 88.9 Å². The number of halogens is 1. The average Bonchev–Trinajstić information content (AvgIpc) is 3.37. The fraction of sp³-hybridized carbons (Fsp3) is 0.346. The molecule has 0 radical (unpaired) electrons. The Hall–Kier alpha value is -8.69. The highest BCUT2D eigenvalue weighted by Crippen LogP contribution is 2.21. The molecule has 392 valence electrons. The van der Waals surface area contributed by atoms with Crippen molar-refractivity contribution in [3.63, 3.8) is 0 Å². The predicted octanol–water partition coefficient (Wildman–Crippen LogP) is 4.19. The molecule has 5 atom stereocenters.